The number of aromatic nitrogens is 2. The van der Waals surface area contributed by atoms with Crippen LogP contribution < -0.4 is 11.3 Å². The van der Waals surface area contributed by atoms with Gasteiger partial charge in [0.05, 0.1) is 0 Å². The highest BCUT2D eigenvalue weighted by Crippen LogP contribution is 2.09. The molecule has 2 rings (SSSR count). The molecule has 1 aromatic rings. The van der Waals surface area contributed by atoms with Gasteiger partial charge in [-0.05, 0) is 25.8 Å². The van der Waals surface area contributed by atoms with Crippen LogP contribution in [0, 0.1) is 0 Å². The van der Waals surface area contributed by atoms with Gasteiger partial charge in [-0.15, -0.1) is 0 Å². The molecule has 0 aliphatic carbocycles. The highest BCUT2D eigenvalue weighted by molar-refractivity contribution is 5.09. The third kappa shape index (κ3) is 1.57. The van der Waals surface area contributed by atoms with Crippen molar-refractivity contribution in [3.8, 4) is 0 Å². The molecule has 1 aliphatic heterocycles. The van der Waals surface area contributed by atoms with Gasteiger partial charge in [-0.2, -0.15) is 0 Å². The molecule has 0 radical (unpaired) electrons. The van der Waals surface area contributed by atoms with Gasteiger partial charge in [0.1, 0.15) is 5.82 Å². The second-order valence-electron chi connectivity index (χ2n) is 3.65. The summed E-state index contributed by atoms with van der Waals surface area (Å²) in [5, 5.41) is 0. The second kappa shape index (κ2) is 3.92. The van der Waals surface area contributed by atoms with Crippen LogP contribution in [0.15, 0.2) is 11.0 Å². The first-order chi connectivity index (χ1) is 6.83. The molecule has 0 saturated heterocycles. The zero-order chi connectivity index (χ0) is 9.97. The lowest BCUT2D eigenvalue weighted by Gasteiger charge is -2.17. The van der Waals surface area contributed by atoms with Crippen molar-refractivity contribution in [2.45, 2.75) is 32.2 Å². The van der Waals surface area contributed by atoms with Crippen LogP contribution in [0.2, 0.25) is 0 Å². The quantitative estimate of drug-likeness (QED) is 0.723. The van der Waals surface area contributed by atoms with Gasteiger partial charge >= 0.3 is 0 Å². The Morgan fingerprint density at radius 2 is 2.36 bits per heavy atom. The SMILES string of the molecule is NCCc1cnc2n(c1=O)CCCC2. The van der Waals surface area contributed by atoms with E-state index in [-0.39, 0.29) is 5.56 Å². The minimum absolute atomic E-state index is 0.111. The van der Waals surface area contributed by atoms with Crippen LogP contribution in [-0.4, -0.2) is 16.1 Å². The number of hydrogen-bond acceptors (Lipinski definition) is 3. The standard InChI is InChI=1S/C10H15N3O/c11-5-4-8-7-12-9-3-1-2-6-13(9)10(8)14/h7H,1-6,11H2. The van der Waals surface area contributed by atoms with E-state index in [1.165, 1.54) is 0 Å². The van der Waals surface area contributed by atoms with E-state index in [2.05, 4.69) is 4.98 Å². The Labute approximate surface area is 82.8 Å². The first-order valence-corrected chi connectivity index (χ1v) is 5.10. The van der Waals surface area contributed by atoms with Crippen molar-refractivity contribution in [2.24, 2.45) is 5.73 Å². The number of rotatable bonds is 2. The summed E-state index contributed by atoms with van der Waals surface area (Å²) >= 11 is 0. The van der Waals surface area contributed by atoms with Crippen molar-refractivity contribution in [3.63, 3.8) is 0 Å². The van der Waals surface area contributed by atoms with Gasteiger partial charge in [0.15, 0.2) is 0 Å². The van der Waals surface area contributed by atoms with E-state index in [1.807, 2.05) is 0 Å². The number of hydrogen-bond donors (Lipinski definition) is 1. The van der Waals surface area contributed by atoms with Gasteiger partial charge in [0.2, 0.25) is 0 Å². The maximum Gasteiger partial charge on any atom is 0.256 e. The summed E-state index contributed by atoms with van der Waals surface area (Å²) in [7, 11) is 0. The topological polar surface area (TPSA) is 60.9 Å². The van der Waals surface area contributed by atoms with Crippen molar-refractivity contribution in [3.05, 3.63) is 27.9 Å². The van der Waals surface area contributed by atoms with Crippen molar-refractivity contribution in [1.82, 2.24) is 9.55 Å². The van der Waals surface area contributed by atoms with Gasteiger partial charge in [-0.25, -0.2) is 4.98 Å². The Kier molecular flexibility index (Phi) is 2.63. The van der Waals surface area contributed by atoms with Crippen molar-refractivity contribution in [1.29, 1.82) is 0 Å². The maximum atomic E-state index is 11.9. The third-order valence-electron chi connectivity index (χ3n) is 2.65. The molecule has 2 N–H and O–H groups in total. The zero-order valence-electron chi connectivity index (χ0n) is 8.20. The normalized spacial score (nSPS) is 15.2. The molecule has 0 amide bonds. The molecule has 14 heavy (non-hydrogen) atoms. The van der Waals surface area contributed by atoms with Gasteiger partial charge in [0.25, 0.3) is 5.56 Å². The summed E-state index contributed by atoms with van der Waals surface area (Å²) < 4.78 is 1.80. The number of nitrogens with zero attached hydrogens (tertiary/aromatic N) is 2. The Bertz CT molecular complexity index is 383. The average Bonchev–Trinajstić information content (AvgIpc) is 2.23. The highest BCUT2D eigenvalue weighted by Gasteiger charge is 2.13. The first-order valence-electron chi connectivity index (χ1n) is 5.10. The molecule has 0 aromatic carbocycles. The van der Waals surface area contributed by atoms with Gasteiger partial charge < -0.3 is 5.73 Å². The molecule has 4 nitrogen and oxygen atoms in total. The Hall–Kier alpha value is -1.16. The summed E-state index contributed by atoms with van der Waals surface area (Å²) in [4.78, 5) is 16.2. The molecular weight excluding hydrogens is 178 g/mol. The van der Waals surface area contributed by atoms with Crippen LogP contribution in [0.4, 0.5) is 0 Å². The van der Waals surface area contributed by atoms with E-state index in [0.29, 0.717) is 13.0 Å². The van der Waals surface area contributed by atoms with E-state index in [4.69, 9.17) is 5.73 Å². The fourth-order valence-electron chi connectivity index (χ4n) is 1.88. The van der Waals surface area contributed by atoms with Crippen LogP contribution in [0.25, 0.3) is 0 Å². The van der Waals surface area contributed by atoms with Crippen LogP contribution in [0.3, 0.4) is 0 Å². The van der Waals surface area contributed by atoms with Crippen molar-refractivity contribution >= 4 is 0 Å². The lowest BCUT2D eigenvalue weighted by molar-refractivity contribution is 0.492. The summed E-state index contributed by atoms with van der Waals surface area (Å²) in [5.41, 5.74) is 6.29. The van der Waals surface area contributed by atoms with Crippen LogP contribution in [0.1, 0.15) is 24.2 Å². The molecule has 4 heteroatoms. The minimum Gasteiger partial charge on any atom is -0.330 e. The summed E-state index contributed by atoms with van der Waals surface area (Å²) in [5.74, 6) is 0.932. The average molecular weight is 193 g/mol. The molecule has 0 saturated carbocycles. The van der Waals surface area contributed by atoms with Gasteiger partial charge in [-0.3, -0.25) is 9.36 Å². The zero-order valence-corrected chi connectivity index (χ0v) is 8.20. The fraction of sp³-hybridized carbons (Fsp3) is 0.600. The summed E-state index contributed by atoms with van der Waals surface area (Å²) in [6, 6.07) is 0. The van der Waals surface area contributed by atoms with E-state index in [0.717, 1.165) is 37.2 Å². The molecule has 1 aliphatic rings. The molecule has 0 spiro atoms. The summed E-state index contributed by atoms with van der Waals surface area (Å²) in [6.07, 6.45) is 5.47. The van der Waals surface area contributed by atoms with E-state index >= 15 is 0 Å². The van der Waals surface area contributed by atoms with Gasteiger partial charge in [0, 0.05) is 24.7 Å². The maximum absolute atomic E-state index is 11.9. The van der Waals surface area contributed by atoms with Crippen molar-refractivity contribution < 1.29 is 0 Å². The predicted octanol–water partition coefficient (Wildman–Crippen LogP) is 0.0808. The Morgan fingerprint density at radius 3 is 3.14 bits per heavy atom. The van der Waals surface area contributed by atoms with E-state index in [9.17, 15) is 4.79 Å². The lowest BCUT2D eigenvalue weighted by atomic mass is 10.1. The van der Waals surface area contributed by atoms with Gasteiger partial charge in [-0.1, -0.05) is 0 Å². The lowest BCUT2D eigenvalue weighted by Crippen LogP contribution is -2.31. The van der Waals surface area contributed by atoms with Crippen LogP contribution in [-0.2, 0) is 19.4 Å². The minimum atomic E-state index is 0.111. The first kappa shape index (κ1) is 9.40. The molecule has 76 valence electrons. The molecule has 0 bridgehead atoms. The highest BCUT2D eigenvalue weighted by atomic mass is 16.1. The smallest absolute Gasteiger partial charge is 0.256 e. The van der Waals surface area contributed by atoms with E-state index < -0.39 is 0 Å². The predicted molar refractivity (Wildman–Crippen MR) is 54.2 cm³/mol. The molecule has 0 unspecified atom stereocenters. The van der Waals surface area contributed by atoms with Crippen LogP contribution >= 0.6 is 0 Å². The van der Waals surface area contributed by atoms with Crippen molar-refractivity contribution in [2.75, 3.05) is 6.54 Å². The number of nitrogens with two attached hydrogens (primary N) is 1. The fourth-order valence-corrected chi connectivity index (χ4v) is 1.88. The third-order valence-corrected chi connectivity index (χ3v) is 2.65. The number of aryl methyl sites for hydroxylation is 1. The Morgan fingerprint density at radius 1 is 1.50 bits per heavy atom. The largest absolute Gasteiger partial charge is 0.330 e. The molecule has 2 heterocycles. The molecule has 0 fully saturated rings. The summed E-state index contributed by atoms with van der Waals surface area (Å²) in [6.45, 7) is 1.33. The van der Waals surface area contributed by atoms with E-state index in [1.54, 1.807) is 10.8 Å². The molecular formula is C10H15N3O. The Balaban J connectivity index is 2.44. The second-order valence-corrected chi connectivity index (χ2v) is 3.65. The molecule has 0 atom stereocenters. The van der Waals surface area contributed by atoms with Crippen LogP contribution in [0.5, 0.6) is 0 Å². The number of fused-ring (bicyclic) bond motifs is 1. The molecule has 1 aromatic heterocycles. The monoisotopic (exact) mass is 193 g/mol.